The largest absolute Gasteiger partial charge is 0.463 e. The molecule has 7 heteroatoms. The van der Waals surface area contributed by atoms with Crippen molar-refractivity contribution in [3.05, 3.63) is 35.9 Å². The van der Waals surface area contributed by atoms with Crippen LogP contribution in [0.1, 0.15) is 38.1 Å². The molecular weight excluding hydrogens is 328 g/mol. The molecule has 0 spiro atoms. The molecule has 0 heterocycles. The van der Waals surface area contributed by atoms with E-state index in [9.17, 15) is 14.4 Å². The van der Waals surface area contributed by atoms with Gasteiger partial charge in [-0.2, -0.15) is 0 Å². The molecule has 0 amide bonds. The summed E-state index contributed by atoms with van der Waals surface area (Å²) in [6.07, 6.45) is -1.65. The third-order valence-corrected chi connectivity index (χ3v) is 3.30. The van der Waals surface area contributed by atoms with Crippen molar-refractivity contribution in [1.82, 2.24) is 0 Å². The highest BCUT2D eigenvalue weighted by atomic mass is 16.6. The summed E-state index contributed by atoms with van der Waals surface area (Å²) in [7, 11) is 0. The van der Waals surface area contributed by atoms with E-state index in [4.69, 9.17) is 18.9 Å². The minimum Gasteiger partial charge on any atom is -0.463 e. The summed E-state index contributed by atoms with van der Waals surface area (Å²) in [5, 5.41) is 0. The molecular formula is C18H24O7. The van der Waals surface area contributed by atoms with Gasteiger partial charge in [0, 0.05) is 13.8 Å². The van der Waals surface area contributed by atoms with Crippen LogP contribution in [0.3, 0.4) is 0 Å². The molecule has 7 nitrogen and oxygen atoms in total. The molecule has 0 aliphatic heterocycles. The van der Waals surface area contributed by atoms with Crippen molar-refractivity contribution in [2.45, 2.75) is 46.0 Å². The molecule has 0 aliphatic carbocycles. The van der Waals surface area contributed by atoms with Gasteiger partial charge in [-0.3, -0.25) is 9.59 Å². The summed E-state index contributed by atoms with van der Waals surface area (Å²) < 4.78 is 20.9. The van der Waals surface area contributed by atoms with Crippen LogP contribution < -0.4 is 0 Å². The molecule has 0 aromatic heterocycles. The molecule has 1 aromatic carbocycles. The minimum atomic E-state index is -0.676. The lowest BCUT2D eigenvalue weighted by atomic mass is 10.2. The summed E-state index contributed by atoms with van der Waals surface area (Å²) >= 11 is 0. The van der Waals surface area contributed by atoms with E-state index in [-0.39, 0.29) is 13.2 Å². The molecule has 1 rings (SSSR count). The van der Waals surface area contributed by atoms with Gasteiger partial charge in [-0.15, -0.1) is 0 Å². The third kappa shape index (κ3) is 8.30. The second-order valence-electron chi connectivity index (χ2n) is 5.54. The van der Waals surface area contributed by atoms with Gasteiger partial charge in [0.25, 0.3) is 0 Å². The molecule has 0 radical (unpaired) electrons. The average molecular weight is 352 g/mol. The Morgan fingerprint density at radius 3 is 2.04 bits per heavy atom. The molecule has 3 atom stereocenters. The smallest absolute Gasteiger partial charge is 0.338 e. The second-order valence-corrected chi connectivity index (χ2v) is 5.54. The van der Waals surface area contributed by atoms with Gasteiger partial charge in [0.1, 0.15) is 25.4 Å². The summed E-state index contributed by atoms with van der Waals surface area (Å²) in [5.74, 6) is -1.39. The van der Waals surface area contributed by atoms with E-state index in [1.165, 1.54) is 13.8 Å². The quantitative estimate of drug-likeness (QED) is 0.497. The monoisotopic (exact) mass is 352 g/mol. The van der Waals surface area contributed by atoms with E-state index in [0.29, 0.717) is 5.56 Å². The zero-order chi connectivity index (χ0) is 18.8. The zero-order valence-corrected chi connectivity index (χ0v) is 14.9. The predicted octanol–water partition coefficient (Wildman–Crippen LogP) is 2.13. The fourth-order valence-electron chi connectivity index (χ4n) is 1.93. The number of esters is 3. The summed E-state index contributed by atoms with van der Waals surface area (Å²) in [4.78, 5) is 34.0. The standard InChI is InChI=1S/C18H24O7/c1-12(24-15(4)20)13(2)25-17(10-22-14(3)19)11-23-18(21)16-8-6-5-7-9-16/h5-9,12-13,17H,10-11H2,1-4H3/t12-,13?,17+/m1/s1. The maximum absolute atomic E-state index is 12.0. The lowest BCUT2D eigenvalue weighted by Crippen LogP contribution is -2.36. The second kappa shape index (κ2) is 10.5. The summed E-state index contributed by atoms with van der Waals surface area (Å²) in [6.45, 7) is 5.81. The number of rotatable bonds is 9. The van der Waals surface area contributed by atoms with Gasteiger partial charge in [-0.25, -0.2) is 4.79 Å². The number of carbonyl (C=O) groups excluding carboxylic acids is 3. The van der Waals surface area contributed by atoms with Crippen LogP contribution in [0.2, 0.25) is 0 Å². The van der Waals surface area contributed by atoms with Crippen molar-refractivity contribution >= 4 is 17.9 Å². The Bertz CT molecular complexity index is 570. The SMILES string of the molecule is CC(=O)OC[C@@H](COC(=O)c1ccccc1)OC(C)[C@@H](C)OC(C)=O. The van der Waals surface area contributed by atoms with Gasteiger partial charge >= 0.3 is 17.9 Å². The Kier molecular flexibility index (Phi) is 8.63. The zero-order valence-electron chi connectivity index (χ0n) is 14.9. The summed E-state index contributed by atoms with van der Waals surface area (Å²) in [5.41, 5.74) is 0.412. The highest BCUT2D eigenvalue weighted by Gasteiger charge is 2.23. The molecule has 0 saturated carbocycles. The van der Waals surface area contributed by atoms with Crippen molar-refractivity contribution in [1.29, 1.82) is 0 Å². The lowest BCUT2D eigenvalue weighted by molar-refractivity contribution is -0.162. The molecule has 25 heavy (non-hydrogen) atoms. The van der Waals surface area contributed by atoms with Crippen LogP contribution in [0.4, 0.5) is 0 Å². The number of benzene rings is 1. The van der Waals surface area contributed by atoms with Crippen LogP contribution in [0, 0.1) is 0 Å². The van der Waals surface area contributed by atoms with E-state index < -0.39 is 36.2 Å². The van der Waals surface area contributed by atoms with Crippen LogP contribution in [-0.4, -0.2) is 49.4 Å². The highest BCUT2D eigenvalue weighted by Crippen LogP contribution is 2.10. The topological polar surface area (TPSA) is 88.1 Å². The fraction of sp³-hybridized carbons (Fsp3) is 0.500. The van der Waals surface area contributed by atoms with E-state index in [1.54, 1.807) is 44.2 Å². The third-order valence-electron chi connectivity index (χ3n) is 3.30. The molecule has 0 N–H and O–H groups in total. The van der Waals surface area contributed by atoms with E-state index in [2.05, 4.69) is 0 Å². The average Bonchev–Trinajstić information content (AvgIpc) is 2.56. The van der Waals surface area contributed by atoms with E-state index >= 15 is 0 Å². The molecule has 138 valence electrons. The summed E-state index contributed by atoms with van der Waals surface area (Å²) in [6, 6.07) is 8.52. The first-order valence-electron chi connectivity index (χ1n) is 7.97. The van der Waals surface area contributed by atoms with Crippen molar-refractivity contribution in [2.24, 2.45) is 0 Å². The number of hydrogen-bond acceptors (Lipinski definition) is 7. The molecule has 0 aliphatic rings. The Hall–Kier alpha value is -2.41. The maximum atomic E-state index is 12.0. The lowest BCUT2D eigenvalue weighted by Gasteiger charge is -2.25. The Morgan fingerprint density at radius 1 is 0.880 bits per heavy atom. The van der Waals surface area contributed by atoms with Crippen molar-refractivity contribution in [3.63, 3.8) is 0 Å². The van der Waals surface area contributed by atoms with Crippen LogP contribution >= 0.6 is 0 Å². The molecule has 0 saturated heterocycles. The van der Waals surface area contributed by atoms with Crippen molar-refractivity contribution < 1.29 is 33.3 Å². The normalized spacial score (nSPS) is 14.1. The molecule has 1 aromatic rings. The maximum Gasteiger partial charge on any atom is 0.338 e. The van der Waals surface area contributed by atoms with E-state index in [0.717, 1.165) is 0 Å². The minimum absolute atomic E-state index is 0.0749. The van der Waals surface area contributed by atoms with Gasteiger partial charge < -0.3 is 18.9 Å². The molecule has 1 unspecified atom stereocenters. The van der Waals surface area contributed by atoms with Crippen molar-refractivity contribution in [2.75, 3.05) is 13.2 Å². The Morgan fingerprint density at radius 2 is 1.48 bits per heavy atom. The molecule has 0 fully saturated rings. The van der Waals surface area contributed by atoms with Crippen LogP contribution in [-0.2, 0) is 28.5 Å². The number of ether oxygens (including phenoxy) is 4. The van der Waals surface area contributed by atoms with Crippen LogP contribution in [0.15, 0.2) is 30.3 Å². The highest BCUT2D eigenvalue weighted by molar-refractivity contribution is 5.89. The molecule has 0 bridgehead atoms. The van der Waals surface area contributed by atoms with Gasteiger partial charge in [0.2, 0.25) is 0 Å². The van der Waals surface area contributed by atoms with Crippen molar-refractivity contribution in [3.8, 4) is 0 Å². The first-order valence-corrected chi connectivity index (χ1v) is 7.97. The first kappa shape index (κ1) is 20.6. The Labute approximate surface area is 147 Å². The predicted molar refractivity (Wildman–Crippen MR) is 88.9 cm³/mol. The van der Waals surface area contributed by atoms with Crippen LogP contribution in [0.5, 0.6) is 0 Å². The fourth-order valence-corrected chi connectivity index (χ4v) is 1.93. The van der Waals surface area contributed by atoms with Gasteiger partial charge in [0.15, 0.2) is 0 Å². The van der Waals surface area contributed by atoms with E-state index in [1.807, 2.05) is 0 Å². The van der Waals surface area contributed by atoms with Gasteiger partial charge in [0.05, 0.1) is 11.7 Å². The number of carbonyl (C=O) groups is 3. The Balaban J connectivity index is 2.61. The van der Waals surface area contributed by atoms with Gasteiger partial charge in [-0.05, 0) is 26.0 Å². The van der Waals surface area contributed by atoms with Crippen LogP contribution in [0.25, 0.3) is 0 Å². The van der Waals surface area contributed by atoms with Gasteiger partial charge in [-0.1, -0.05) is 18.2 Å². The number of hydrogen-bond donors (Lipinski definition) is 0. The first-order chi connectivity index (χ1) is 11.8.